The molecule has 0 saturated heterocycles. The van der Waals surface area contributed by atoms with Crippen LogP contribution in [0.2, 0.25) is 0 Å². The van der Waals surface area contributed by atoms with Gasteiger partial charge in [0.15, 0.2) is 15.6 Å². The van der Waals surface area contributed by atoms with E-state index in [1.807, 2.05) is 24.3 Å². The topological polar surface area (TPSA) is 52.2 Å². The van der Waals surface area contributed by atoms with Gasteiger partial charge in [-0.1, -0.05) is 0 Å². The maximum Gasteiger partial charge on any atom is 0.159 e. The van der Waals surface area contributed by atoms with Crippen molar-refractivity contribution >= 4 is 22.6 Å². The van der Waals surface area contributed by atoms with Gasteiger partial charge in [0.2, 0.25) is 0 Å². The lowest BCUT2D eigenvalue weighted by Crippen LogP contribution is -2.25. The molecule has 116 valence electrons. The molecule has 1 N–H and O–H groups in total. The van der Waals surface area contributed by atoms with Gasteiger partial charge in [-0.2, -0.15) is 0 Å². The first-order chi connectivity index (χ1) is 10.3. The van der Waals surface area contributed by atoms with E-state index in [0.29, 0.717) is 10.5 Å². The van der Waals surface area contributed by atoms with Gasteiger partial charge in [-0.15, -0.1) is 0 Å². The molecule has 0 spiro atoms. The molecule has 1 atom stereocenters. The summed E-state index contributed by atoms with van der Waals surface area (Å²) in [5.74, 6) is 0.00920. The molecule has 0 heterocycles. The Hall–Kier alpha value is -1.78. The summed E-state index contributed by atoms with van der Waals surface area (Å²) >= 11 is -1.24. The lowest BCUT2D eigenvalue weighted by molar-refractivity contribution is 0.101. The predicted molar refractivity (Wildman–Crippen MR) is 90.9 cm³/mol. The fourth-order valence-corrected chi connectivity index (χ4v) is 3.08. The molecule has 2 rings (SSSR count). The van der Waals surface area contributed by atoms with E-state index in [1.165, 1.54) is 6.92 Å². The Balaban J connectivity index is 2.15. The minimum absolute atomic E-state index is 0.00920. The molecule has 0 radical (unpaired) electrons. The highest BCUT2D eigenvalue weighted by molar-refractivity contribution is 7.91. The highest BCUT2D eigenvalue weighted by atomic mass is 32.2. The Morgan fingerprint density at radius 2 is 1.41 bits per heavy atom. The third-order valence-electron chi connectivity index (χ3n) is 3.06. The Bertz CT molecular complexity index is 642. The number of ketones is 1. The van der Waals surface area contributed by atoms with Crippen LogP contribution in [0.15, 0.2) is 58.3 Å². The molecular formula is C18H21NO2S. The van der Waals surface area contributed by atoms with Crippen molar-refractivity contribution < 1.29 is 9.35 Å². The van der Waals surface area contributed by atoms with E-state index in [4.69, 9.17) is 0 Å². The number of Topliss-reactive ketones (excluding diaryl/α,β-unsaturated/α-hetero) is 1. The fraction of sp³-hybridized carbons (Fsp3) is 0.278. The predicted octanol–water partition coefficient (Wildman–Crippen LogP) is 4.27. The molecule has 1 unspecified atom stereocenters. The smallest absolute Gasteiger partial charge is 0.159 e. The molecule has 2 aromatic carbocycles. The highest BCUT2D eigenvalue weighted by Gasteiger charge is 2.16. The number of hydrogen-bond acceptors (Lipinski definition) is 3. The molecule has 0 bridgehead atoms. The second kappa shape index (κ2) is 6.55. The number of carbonyl (C=O) groups excluding carboxylic acids is 1. The largest absolute Gasteiger partial charge is 0.606 e. The molecular weight excluding hydrogens is 294 g/mol. The van der Waals surface area contributed by atoms with Crippen LogP contribution in [-0.4, -0.2) is 15.9 Å². The monoisotopic (exact) mass is 315 g/mol. The van der Waals surface area contributed by atoms with Gasteiger partial charge in [-0.25, -0.2) is 0 Å². The van der Waals surface area contributed by atoms with E-state index < -0.39 is 11.2 Å². The van der Waals surface area contributed by atoms with Crippen molar-refractivity contribution in [1.82, 2.24) is 0 Å². The molecule has 2 aromatic rings. The van der Waals surface area contributed by atoms with Crippen LogP contribution in [0.3, 0.4) is 0 Å². The maximum absolute atomic E-state index is 12.5. The first-order valence-corrected chi connectivity index (χ1v) is 8.32. The second-order valence-electron chi connectivity index (χ2n) is 6.25. The fourth-order valence-electron chi connectivity index (χ4n) is 2.04. The number of anilines is 1. The van der Waals surface area contributed by atoms with Gasteiger partial charge < -0.3 is 9.87 Å². The van der Waals surface area contributed by atoms with Crippen LogP contribution >= 0.6 is 0 Å². The third-order valence-corrected chi connectivity index (χ3v) is 4.46. The summed E-state index contributed by atoms with van der Waals surface area (Å²) in [5.41, 5.74) is 1.62. The van der Waals surface area contributed by atoms with Gasteiger partial charge in [0.05, 0.1) is 0 Å². The average molecular weight is 315 g/mol. The van der Waals surface area contributed by atoms with Crippen LogP contribution in [0, 0.1) is 0 Å². The van der Waals surface area contributed by atoms with Crippen LogP contribution in [-0.2, 0) is 11.2 Å². The van der Waals surface area contributed by atoms with Gasteiger partial charge in [0.25, 0.3) is 0 Å². The Morgan fingerprint density at radius 1 is 0.955 bits per heavy atom. The summed E-state index contributed by atoms with van der Waals surface area (Å²) in [4.78, 5) is 12.7. The van der Waals surface area contributed by atoms with E-state index in [9.17, 15) is 9.35 Å². The van der Waals surface area contributed by atoms with Gasteiger partial charge in [0, 0.05) is 28.0 Å². The Kier molecular flexibility index (Phi) is 4.94. The van der Waals surface area contributed by atoms with E-state index in [-0.39, 0.29) is 11.3 Å². The van der Waals surface area contributed by atoms with Crippen molar-refractivity contribution in [1.29, 1.82) is 0 Å². The van der Waals surface area contributed by atoms with Crippen LogP contribution in [0.4, 0.5) is 5.69 Å². The van der Waals surface area contributed by atoms with E-state index in [0.717, 1.165) is 10.6 Å². The zero-order valence-electron chi connectivity index (χ0n) is 13.3. The van der Waals surface area contributed by atoms with Crippen molar-refractivity contribution in [2.24, 2.45) is 0 Å². The van der Waals surface area contributed by atoms with Crippen LogP contribution in [0.5, 0.6) is 0 Å². The van der Waals surface area contributed by atoms with E-state index in [2.05, 4.69) is 26.1 Å². The number of carbonyl (C=O) groups is 1. The molecule has 22 heavy (non-hydrogen) atoms. The Labute approximate surface area is 134 Å². The van der Waals surface area contributed by atoms with E-state index in [1.54, 1.807) is 24.3 Å². The number of hydrogen-bond donors (Lipinski definition) is 1. The first kappa shape index (κ1) is 16.6. The molecule has 0 aliphatic carbocycles. The first-order valence-electron chi connectivity index (χ1n) is 7.17. The summed E-state index contributed by atoms with van der Waals surface area (Å²) in [7, 11) is 0. The summed E-state index contributed by atoms with van der Waals surface area (Å²) in [5, 5.41) is 3.37. The van der Waals surface area contributed by atoms with Crippen molar-refractivity contribution in [3.8, 4) is 0 Å². The number of rotatable bonds is 4. The van der Waals surface area contributed by atoms with E-state index >= 15 is 0 Å². The number of benzene rings is 2. The van der Waals surface area contributed by atoms with Crippen LogP contribution in [0.1, 0.15) is 38.1 Å². The third kappa shape index (κ3) is 4.36. The summed E-state index contributed by atoms with van der Waals surface area (Å²) < 4.78 is 12.5. The van der Waals surface area contributed by atoms with Gasteiger partial charge in [0.1, 0.15) is 0 Å². The SMILES string of the molecule is CC(=O)c1ccc([S+]([O-])c2ccc(NC(C)(C)C)cc2)cc1. The molecule has 0 amide bonds. The molecule has 0 aromatic heterocycles. The number of nitrogens with one attached hydrogen (secondary N) is 1. The summed E-state index contributed by atoms with van der Waals surface area (Å²) in [6.07, 6.45) is 0. The zero-order valence-corrected chi connectivity index (χ0v) is 14.2. The quantitative estimate of drug-likeness (QED) is 0.677. The second-order valence-corrected chi connectivity index (χ2v) is 7.73. The maximum atomic E-state index is 12.5. The minimum atomic E-state index is -1.24. The van der Waals surface area contributed by atoms with Crippen LogP contribution in [0.25, 0.3) is 0 Å². The average Bonchev–Trinajstić information content (AvgIpc) is 2.46. The van der Waals surface area contributed by atoms with Crippen molar-refractivity contribution in [3.05, 3.63) is 54.1 Å². The summed E-state index contributed by atoms with van der Waals surface area (Å²) in [6, 6.07) is 14.5. The Morgan fingerprint density at radius 3 is 1.82 bits per heavy atom. The lowest BCUT2D eigenvalue weighted by Gasteiger charge is -2.22. The minimum Gasteiger partial charge on any atom is -0.606 e. The molecule has 0 aliphatic heterocycles. The standard InChI is InChI=1S/C18H21NO2S/c1-13(20)14-5-9-16(10-6-14)22(21)17-11-7-15(8-12-17)19-18(2,3)4/h5-12,19H,1-4H3. The molecule has 4 heteroatoms. The van der Waals surface area contributed by atoms with Crippen molar-refractivity contribution in [2.45, 2.75) is 43.0 Å². The highest BCUT2D eigenvalue weighted by Crippen LogP contribution is 2.23. The van der Waals surface area contributed by atoms with Gasteiger partial charge in [-0.3, -0.25) is 4.79 Å². The lowest BCUT2D eigenvalue weighted by atomic mass is 10.1. The molecule has 0 fully saturated rings. The zero-order chi connectivity index (χ0) is 16.3. The summed E-state index contributed by atoms with van der Waals surface area (Å²) in [6.45, 7) is 7.80. The van der Waals surface area contributed by atoms with Crippen molar-refractivity contribution in [3.63, 3.8) is 0 Å². The molecule has 0 aliphatic rings. The van der Waals surface area contributed by atoms with Gasteiger partial charge >= 0.3 is 0 Å². The normalized spacial score (nSPS) is 12.8. The van der Waals surface area contributed by atoms with Crippen molar-refractivity contribution in [2.75, 3.05) is 5.32 Å². The van der Waals surface area contributed by atoms with Gasteiger partial charge in [-0.05, 0) is 76.2 Å². The molecule has 0 saturated carbocycles. The molecule has 3 nitrogen and oxygen atoms in total. The van der Waals surface area contributed by atoms with Crippen LogP contribution < -0.4 is 5.32 Å².